The molecule has 16 heavy (non-hydrogen) atoms. The summed E-state index contributed by atoms with van der Waals surface area (Å²) >= 11 is 0. The van der Waals surface area contributed by atoms with Crippen LogP contribution >= 0.6 is 0 Å². The fraction of sp³-hybridized carbons (Fsp3) is 1.00. The molecule has 2 heterocycles. The van der Waals surface area contributed by atoms with Gasteiger partial charge in [0.1, 0.15) is 0 Å². The van der Waals surface area contributed by atoms with Crippen LogP contribution in [0.2, 0.25) is 0 Å². The van der Waals surface area contributed by atoms with Crippen molar-refractivity contribution in [3.63, 3.8) is 0 Å². The van der Waals surface area contributed by atoms with Crippen molar-refractivity contribution in [2.45, 2.75) is 45.6 Å². The number of rotatable bonds is 3. The van der Waals surface area contributed by atoms with Gasteiger partial charge in [-0.25, -0.2) is 0 Å². The molecule has 0 bridgehead atoms. The largest absolute Gasteiger partial charge is 0.381 e. The van der Waals surface area contributed by atoms with Gasteiger partial charge >= 0.3 is 0 Å². The van der Waals surface area contributed by atoms with Gasteiger partial charge in [0, 0.05) is 37.8 Å². The van der Waals surface area contributed by atoms with Gasteiger partial charge < -0.3 is 4.74 Å². The predicted molar refractivity (Wildman–Crippen MR) is 65.4 cm³/mol. The van der Waals surface area contributed by atoms with E-state index in [1.165, 1.54) is 38.8 Å². The van der Waals surface area contributed by atoms with Crippen LogP contribution < -0.4 is 0 Å². The van der Waals surface area contributed by atoms with Crippen LogP contribution in [0, 0.1) is 17.3 Å². The number of likely N-dealkylation sites (tertiary alicyclic amines) is 1. The zero-order valence-electron chi connectivity index (χ0n) is 10.7. The topological polar surface area (TPSA) is 12.5 Å². The molecule has 0 aromatic heterocycles. The lowest BCUT2D eigenvalue weighted by atomic mass is 9.62. The lowest BCUT2D eigenvalue weighted by molar-refractivity contribution is -0.149. The first-order valence-corrected chi connectivity index (χ1v) is 7.03. The van der Waals surface area contributed by atoms with E-state index < -0.39 is 0 Å². The molecule has 0 radical (unpaired) electrons. The molecular formula is C14H25NO. The molecule has 0 N–H and O–H groups in total. The molecule has 2 nitrogen and oxygen atoms in total. The minimum atomic E-state index is 0.626. The maximum atomic E-state index is 5.54. The highest BCUT2D eigenvalue weighted by Crippen LogP contribution is 2.50. The molecule has 2 aliphatic heterocycles. The van der Waals surface area contributed by atoms with Crippen LogP contribution in [0.1, 0.15) is 39.5 Å². The fourth-order valence-corrected chi connectivity index (χ4v) is 4.04. The number of nitrogens with zero attached hydrogens (tertiary/aromatic N) is 1. The fourth-order valence-electron chi connectivity index (χ4n) is 4.04. The van der Waals surface area contributed by atoms with Gasteiger partial charge in [-0.05, 0) is 37.5 Å². The van der Waals surface area contributed by atoms with Gasteiger partial charge in [0.25, 0.3) is 0 Å². The van der Waals surface area contributed by atoms with Crippen LogP contribution in [0.3, 0.4) is 0 Å². The lowest BCUT2D eigenvalue weighted by Gasteiger charge is -2.61. The molecule has 1 saturated carbocycles. The van der Waals surface area contributed by atoms with E-state index in [1.807, 2.05) is 0 Å². The Balaban J connectivity index is 1.66. The van der Waals surface area contributed by atoms with E-state index in [9.17, 15) is 0 Å². The van der Waals surface area contributed by atoms with Crippen molar-refractivity contribution in [1.29, 1.82) is 0 Å². The van der Waals surface area contributed by atoms with E-state index in [4.69, 9.17) is 4.74 Å². The van der Waals surface area contributed by atoms with Gasteiger partial charge in [-0.2, -0.15) is 0 Å². The van der Waals surface area contributed by atoms with Gasteiger partial charge in [0.2, 0.25) is 0 Å². The molecular weight excluding hydrogens is 198 g/mol. The molecule has 1 aliphatic carbocycles. The highest BCUT2D eigenvalue weighted by atomic mass is 16.5. The van der Waals surface area contributed by atoms with Crippen molar-refractivity contribution >= 4 is 0 Å². The molecule has 1 atom stereocenters. The zero-order chi connectivity index (χ0) is 11.2. The van der Waals surface area contributed by atoms with Crippen LogP contribution in [-0.2, 0) is 4.74 Å². The molecule has 92 valence electrons. The second kappa shape index (κ2) is 3.99. The Morgan fingerprint density at radius 3 is 2.50 bits per heavy atom. The third-order valence-corrected chi connectivity index (χ3v) is 4.85. The Hall–Kier alpha value is -0.0800. The van der Waals surface area contributed by atoms with E-state index >= 15 is 0 Å². The maximum Gasteiger partial charge on any atom is 0.0472 e. The summed E-state index contributed by atoms with van der Waals surface area (Å²) in [4.78, 5) is 2.77. The van der Waals surface area contributed by atoms with Crippen LogP contribution in [0.15, 0.2) is 0 Å². The molecule has 0 aromatic carbocycles. The van der Waals surface area contributed by atoms with E-state index in [0.717, 1.165) is 31.1 Å². The average molecular weight is 223 g/mol. The van der Waals surface area contributed by atoms with Crippen molar-refractivity contribution in [3.05, 3.63) is 0 Å². The predicted octanol–water partition coefficient (Wildman–Crippen LogP) is 2.53. The minimum Gasteiger partial charge on any atom is -0.381 e. The van der Waals surface area contributed by atoms with Gasteiger partial charge in [-0.15, -0.1) is 0 Å². The lowest BCUT2D eigenvalue weighted by Crippen LogP contribution is -2.68. The van der Waals surface area contributed by atoms with Crippen molar-refractivity contribution in [2.75, 3.05) is 26.3 Å². The van der Waals surface area contributed by atoms with Crippen molar-refractivity contribution in [2.24, 2.45) is 17.3 Å². The second-order valence-corrected chi connectivity index (χ2v) is 6.54. The molecule has 3 aliphatic rings. The van der Waals surface area contributed by atoms with Crippen molar-refractivity contribution < 1.29 is 4.74 Å². The highest BCUT2D eigenvalue weighted by Gasteiger charge is 2.54. The molecule has 0 aromatic rings. The SMILES string of the molecule is CC(C)C1N(CC2CC2)CC12CCOCC2. The van der Waals surface area contributed by atoms with Crippen LogP contribution in [-0.4, -0.2) is 37.2 Å². The first kappa shape index (κ1) is 11.0. The van der Waals surface area contributed by atoms with Crippen LogP contribution in [0.4, 0.5) is 0 Å². The Labute approximate surface area is 99.3 Å². The first-order valence-electron chi connectivity index (χ1n) is 7.03. The summed E-state index contributed by atoms with van der Waals surface area (Å²) in [5, 5.41) is 0. The Kier molecular flexibility index (Phi) is 2.75. The Morgan fingerprint density at radius 2 is 1.94 bits per heavy atom. The smallest absolute Gasteiger partial charge is 0.0472 e. The molecule has 3 fully saturated rings. The Morgan fingerprint density at radius 1 is 1.25 bits per heavy atom. The van der Waals surface area contributed by atoms with E-state index in [1.54, 1.807) is 0 Å². The number of hydrogen-bond acceptors (Lipinski definition) is 2. The summed E-state index contributed by atoms with van der Waals surface area (Å²) in [6, 6.07) is 0.844. The van der Waals surface area contributed by atoms with E-state index in [2.05, 4.69) is 18.7 Å². The third-order valence-electron chi connectivity index (χ3n) is 4.85. The zero-order valence-corrected chi connectivity index (χ0v) is 10.7. The minimum absolute atomic E-state index is 0.626. The Bertz CT molecular complexity index is 253. The molecule has 1 unspecified atom stereocenters. The highest BCUT2D eigenvalue weighted by molar-refractivity contribution is 5.06. The van der Waals surface area contributed by atoms with Gasteiger partial charge in [-0.1, -0.05) is 13.8 Å². The van der Waals surface area contributed by atoms with E-state index in [0.29, 0.717) is 5.41 Å². The quantitative estimate of drug-likeness (QED) is 0.729. The molecule has 2 heteroatoms. The van der Waals surface area contributed by atoms with Gasteiger partial charge in [-0.3, -0.25) is 4.90 Å². The van der Waals surface area contributed by atoms with Gasteiger partial charge in [0.05, 0.1) is 0 Å². The summed E-state index contributed by atoms with van der Waals surface area (Å²) in [6.45, 7) is 9.55. The van der Waals surface area contributed by atoms with Crippen LogP contribution in [0.5, 0.6) is 0 Å². The summed E-state index contributed by atoms with van der Waals surface area (Å²) in [7, 11) is 0. The summed E-state index contributed by atoms with van der Waals surface area (Å²) in [5.41, 5.74) is 0.626. The summed E-state index contributed by atoms with van der Waals surface area (Å²) in [5.74, 6) is 1.85. The molecule has 2 saturated heterocycles. The standard InChI is InChI=1S/C14H25NO/c1-11(2)13-14(5-7-16-8-6-14)10-15(13)9-12-3-4-12/h11-13H,3-10H2,1-2H3. The number of hydrogen-bond donors (Lipinski definition) is 0. The average Bonchev–Trinajstić information content (AvgIpc) is 3.01. The van der Waals surface area contributed by atoms with Crippen LogP contribution in [0.25, 0.3) is 0 Å². The maximum absolute atomic E-state index is 5.54. The molecule has 3 rings (SSSR count). The van der Waals surface area contributed by atoms with Crippen molar-refractivity contribution in [1.82, 2.24) is 4.90 Å². The summed E-state index contributed by atoms with van der Waals surface area (Å²) in [6.07, 6.45) is 5.57. The second-order valence-electron chi connectivity index (χ2n) is 6.54. The first-order chi connectivity index (χ1) is 7.71. The molecule has 0 amide bonds. The third kappa shape index (κ3) is 1.80. The normalized spacial score (nSPS) is 34.3. The van der Waals surface area contributed by atoms with Gasteiger partial charge in [0.15, 0.2) is 0 Å². The van der Waals surface area contributed by atoms with Crippen molar-refractivity contribution in [3.8, 4) is 0 Å². The monoisotopic (exact) mass is 223 g/mol. The summed E-state index contributed by atoms with van der Waals surface area (Å²) < 4.78 is 5.54. The number of ether oxygens (including phenoxy) is 1. The van der Waals surface area contributed by atoms with E-state index in [-0.39, 0.29) is 0 Å². The molecule has 1 spiro atoms.